The molecule has 0 spiro atoms. The second-order valence-electron chi connectivity index (χ2n) is 6.23. The van der Waals surface area contributed by atoms with Gasteiger partial charge in [0, 0.05) is 14.7 Å². The van der Waals surface area contributed by atoms with Crippen LogP contribution in [0.3, 0.4) is 0 Å². The average Bonchev–Trinajstić information content (AvgIpc) is 2.77. The molecular weight excluding hydrogens is 515 g/mol. The molecule has 0 atom stereocenters. The zero-order valence-corrected chi connectivity index (χ0v) is 19.1. The maximum Gasteiger partial charge on any atom is 0.180 e. The van der Waals surface area contributed by atoms with Crippen molar-refractivity contribution in [1.29, 1.82) is 5.26 Å². The summed E-state index contributed by atoms with van der Waals surface area (Å²) in [4.78, 5) is 5.33. The third-order valence-electron chi connectivity index (χ3n) is 4.18. The molecule has 0 saturated heterocycles. The molecule has 0 radical (unpaired) electrons. The number of hydrogen-bond acceptors (Lipinski definition) is 5. The molecule has 0 aliphatic carbocycles. The Morgan fingerprint density at radius 2 is 1.87 bits per heavy atom. The van der Waals surface area contributed by atoms with Crippen molar-refractivity contribution >= 4 is 40.4 Å². The minimum absolute atomic E-state index is 0.197. The smallest absolute Gasteiger partial charge is 0.180 e. The maximum atomic E-state index is 9.11. The fraction of sp³-hybridized carbons (Fsp3) is 0.130. The quantitative estimate of drug-likeness (QED) is 0.204. The van der Waals surface area contributed by atoms with Crippen LogP contribution in [0.2, 0.25) is 5.02 Å². The third-order valence-corrected chi connectivity index (χ3v) is 5.18. The van der Waals surface area contributed by atoms with Crippen LogP contribution in [0.25, 0.3) is 0 Å². The fourth-order valence-corrected chi connectivity index (χ4v) is 3.28. The van der Waals surface area contributed by atoms with Gasteiger partial charge in [0.2, 0.25) is 0 Å². The minimum Gasteiger partial charge on any atom is -0.493 e. The number of ether oxygens (including phenoxy) is 2. The molecule has 0 aliphatic rings. The van der Waals surface area contributed by atoms with Gasteiger partial charge in [0.1, 0.15) is 13.2 Å². The zero-order chi connectivity index (χ0) is 21.3. The van der Waals surface area contributed by atoms with Crippen molar-refractivity contribution in [3.63, 3.8) is 0 Å². The van der Waals surface area contributed by atoms with Gasteiger partial charge < -0.3 is 14.3 Å². The van der Waals surface area contributed by atoms with Gasteiger partial charge in [-0.05, 0) is 58.5 Å². The predicted octanol–water partition coefficient (Wildman–Crippen LogP) is 5.95. The van der Waals surface area contributed by atoms with Gasteiger partial charge in [0.05, 0.1) is 30.0 Å². The summed E-state index contributed by atoms with van der Waals surface area (Å²) in [5.41, 5.74) is 3.07. The van der Waals surface area contributed by atoms with Gasteiger partial charge in [-0.2, -0.15) is 5.26 Å². The Kier molecular flexibility index (Phi) is 7.94. The van der Waals surface area contributed by atoms with E-state index >= 15 is 0 Å². The number of rotatable bonds is 8. The van der Waals surface area contributed by atoms with Gasteiger partial charge in [-0.1, -0.05) is 47.1 Å². The molecule has 0 saturated carbocycles. The maximum absolute atomic E-state index is 9.11. The highest BCUT2D eigenvalue weighted by atomic mass is 127. The minimum atomic E-state index is 0.197. The van der Waals surface area contributed by atoms with Crippen molar-refractivity contribution in [2.24, 2.45) is 5.16 Å². The van der Waals surface area contributed by atoms with Crippen LogP contribution in [-0.4, -0.2) is 13.3 Å². The first-order valence-corrected chi connectivity index (χ1v) is 10.4. The molecule has 3 rings (SSSR count). The Labute approximate surface area is 194 Å². The van der Waals surface area contributed by atoms with Crippen LogP contribution in [0.15, 0.2) is 65.8 Å². The van der Waals surface area contributed by atoms with E-state index in [4.69, 9.17) is 31.2 Å². The average molecular weight is 533 g/mol. The van der Waals surface area contributed by atoms with Gasteiger partial charge >= 0.3 is 0 Å². The van der Waals surface area contributed by atoms with Crippen molar-refractivity contribution in [2.45, 2.75) is 13.2 Å². The summed E-state index contributed by atoms with van der Waals surface area (Å²) in [6.45, 7) is 0.574. The molecule has 0 fully saturated rings. The topological polar surface area (TPSA) is 63.8 Å². The molecule has 3 aromatic carbocycles. The van der Waals surface area contributed by atoms with Gasteiger partial charge in [-0.15, -0.1) is 0 Å². The number of nitriles is 1. The Morgan fingerprint density at radius 1 is 1.10 bits per heavy atom. The summed E-state index contributed by atoms with van der Waals surface area (Å²) in [5, 5.41) is 13.5. The summed E-state index contributed by atoms with van der Waals surface area (Å²) in [6.07, 6.45) is 1.53. The molecule has 0 aromatic heterocycles. The van der Waals surface area contributed by atoms with E-state index in [1.807, 2.05) is 42.5 Å². The van der Waals surface area contributed by atoms with E-state index in [0.29, 0.717) is 34.3 Å². The number of halogens is 2. The molecular formula is C23H18ClIN2O3. The van der Waals surface area contributed by atoms with Crippen LogP contribution < -0.4 is 9.47 Å². The Morgan fingerprint density at radius 3 is 2.60 bits per heavy atom. The molecule has 0 N–H and O–H groups in total. The molecule has 152 valence electrons. The van der Waals surface area contributed by atoms with Crippen LogP contribution in [0, 0.1) is 14.9 Å². The highest BCUT2D eigenvalue weighted by Crippen LogP contribution is 2.36. The normalized spacial score (nSPS) is 10.6. The second kappa shape index (κ2) is 10.9. The lowest BCUT2D eigenvalue weighted by Gasteiger charge is -2.13. The predicted molar refractivity (Wildman–Crippen MR) is 125 cm³/mol. The highest BCUT2D eigenvalue weighted by molar-refractivity contribution is 14.1. The monoisotopic (exact) mass is 532 g/mol. The van der Waals surface area contributed by atoms with E-state index in [-0.39, 0.29) is 6.61 Å². The Hall–Kier alpha value is -2.76. The first kappa shape index (κ1) is 21.9. The number of benzene rings is 3. The van der Waals surface area contributed by atoms with E-state index in [0.717, 1.165) is 14.7 Å². The van der Waals surface area contributed by atoms with Gasteiger partial charge in [-0.3, -0.25) is 0 Å². The molecule has 5 nitrogen and oxygen atoms in total. The van der Waals surface area contributed by atoms with Gasteiger partial charge in [-0.25, -0.2) is 0 Å². The van der Waals surface area contributed by atoms with E-state index in [2.05, 4.69) is 33.8 Å². The van der Waals surface area contributed by atoms with Crippen molar-refractivity contribution in [2.75, 3.05) is 7.11 Å². The van der Waals surface area contributed by atoms with Crippen molar-refractivity contribution in [3.05, 3.63) is 91.5 Å². The molecule has 0 amide bonds. The van der Waals surface area contributed by atoms with Gasteiger partial charge in [0.25, 0.3) is 0 Å². The van der Waals surface area contributed by atoms with Crippen LogP contribution in [0.1, 0.15) is 22.3 Å². The molecule has 3 aromatic rings. The number of methoxy groups -OCH3 is 1. The van der Waals surface area contributed by atoms with E-state index in [1.54, 1.807) is 25.3 Å². The third kappa shape index (κ3) is 5.88. The van der Waals surface area contributed by atoms with E-state index in [1.165, 1.54) is 6.21 Å². The van der Waals surface area contributed by atoms with Crippen LogP contribution in [0.5, 0.6) is 11.5 Å². The number of oxime groups is 1. The second-order valence-corrected chi connectivity index (χ2v) is 7.88. The van der Waals surface area contributed by atoms with Crippen molar-refractivity contribution < 1.29 is 14.3 Å². The lowest BCUT2D eigenvalue weighted by molar-refractivity contribution is 0.132. The Balaban J connectivity index is 1.66. The number of hydrogen-bond donors (Lipinski definition) is 0. The van der Waals surface area contributed by atoms with Crippen LogP contribution in [0.4, 0.5) is 0 Å². The van der Waals surface area contributed by atoms with Gasteiger partial charge in [0.15, 0.2) is 11.5 Å². The lowest BCUT2D eigenvalue weighted by Crippen LogP contribution is -1.99. The summed E-state index contributed by atoms with van der Waals surface area (Å²) in [6, 6.07) is 20.9. The molecule has 7 heteroatoms. The standard InChI is InChI=1S/C23H18ClIN2O3/c1-28-22-11-17(13-27-30-15-19-5-3-2-4-18(19)12-26)10-21(24)23(22)29-14-16-6-8-20(25)9-7-16/h2-11,13H,14-15H2,1H3/b27-13-. The highest BCUT2D eigenvalue weighted by Gasteiger charge is 2.12. The van der Waals surface area contributed by atoms with Crippen molar-refractivity contribution in [3.8, 4) is 17.6 Å². The molecule has 0 heterocycles. The van der Waals surface area contributed by atoms with E-state index in [9.17, 15) is 0 Å². The Bertz CT molecular complexity index is 1080. The summed E-state index contributed by atoms with van der Waals surface area (Å²) >= 11 is 8.67. The van der Waals surface area contributed by atoms with Crippen LogP contribution in [-0.2, 0) is 18.1 Å². The lowest BCUT2D eigenvalue weighted by atomic mass is 10.1. The fourth-order valence-electron chi connectivity index (χ4n) is 2.65. The largest absolute Gasteiger partial charge is 0.493 e. The van der Waals surface area contributed by atoms with Crippen LogP contribution >= 0.6 is 34.2 Å². The molecule has 0 aliphatic heterocycles. The summed E-state index contributed by atoms with van der Waals surface area (Å²) < 4.78 is 12.5. The first-order chi connectivity index (χ1) is 14.6. The SMILES string of the molecule is COc1cc(/C=N\OCc2ccccc2C#N)cc(Cl)c1OCc1ccc(I)cc1. The summed E-state index contributed by atoms with van der Waals surface area (Å²) in [5.74, 6) is 0.975. The first-order valence-electron chi connectivity index (χ1n) is 8.99. The van der Waals surface area contributed by atoms with E-state index < -0.39 is 0 Å². The summed E-state index contributed by atoms with van der Waals surface area (Å²) in [7, 11) is 1.56. The molecule has 0 bridgehead atoms. The number of nitrogens with zero attached hydrogens (tertiary/aromatic N) is 2. The van der Waals surface area contributed by atoms with Crippen molar-refractivity contribution in [1.82, 2.24) is 0 Å². The molecule has 30 heavy (non-hydrogen) atoms. The zero-order valence-electron chi connectivity index (χ0n) is 16.1. The molecule has 0 unspecified atom stereocenters.